The molecule has 6 heteroatoms. The second-order valence-corrected chi connectivity index (χ2v) is 5.60. The first-order valence-electron chi connectivity index (χ1n) is 6.49. The van der Waals surface area contributed by atoms with Crippen molar-refractivity contribution in [2.24, 2.45) is 0 Å². The number of aliphatic hydroxyl groups excluding tert-OH is 1. The first kappa shape index (κ1) is 15.0. The normalized spacial score (nSPS) is 14.2. The van der Waals surface area contributed by atoms with Crippen molar-refractivity contribution in [1.29, 1.82) is 0 Å². The van der Waals surface area contributed by atoms with Crippen LogP contribution in [0, 0.1) is 5.82 Å². The van der Waals surface area contributed by atoms with Crippen molar-refractivity contribution in [3.63, 3.8) is 0 Å². The molecule has 2 unspecified atom stereocenters. The van der Waals surface area contributed by atoms with E-state index in [-0.39, 0.29) is 11.7 Å². The molecule has 1 heterocycles. The predicted octanol–water partition coefficient (Wildman–Crippen LogP) is 3.38. The molecule has 0 aliphatic heterocycles. The van der Waals surface area contributed by atoms with Gasteiger partial charge in [0.1, 0.15) is 5.82 Å². The fraction of sp³-hybridized carbons (Fsp3) is 0.429. The average molecular weight is 296 g/mol. The van der Waals surface area contributed by atoms with Gasteiger partial charge >= 0.3 is 0 Å². The van der Waals surface area contributed by atoms with Crippen LogP contribution in [0.5, 0.6) is 0 Å². The largest absolute Gasteiger partial charge is 0.393 e. The van der Waals surface area contributed by atoms with Crippen LogP contribution in [0.4, 0.5) is 4.39 Å². The van der Waals surface area contributed by atoms with Crippen molar-refractivity contribution in [3.05, 3.63) is 41.8 Å². The molecule has 0 aliphatic rings. The Morgan fingerprint density at radius 2 is 2.25 bits per heavy atom. The molecule has 0 amide bonds. The van der Waals surface area contributed by atoms with Gasteiger partial charge in [-0.3, -0.25) is 0 Å². The molecular formula is C14H17FN2O2S. The maximum absolute atomic E-state index is 13.0. The molecule has 2 aromatic rings. The third-order valence-corrected chi connectivity index (χ3v) is 3.98. The number of benzene rings is 1. The van der Waals surface area contributed by atoms with Crippen LogP contribution in [0.1, 0.15) is 37.9 Å². The van der Waals surface area contributed by atoms with E-state index in [0.29, 0.717) is 17.5 Å². The summed E-state index contributed by atoms with van der Waals surface area (Å²) in [7, 11) is 0. The summed E-state index contributed by atoms with van der Waals surface area (Å²) in [5.41, 5.74) is 0. The third-order valence-electron chi connectivity index (χ3n) is 2.99. The minimum Gasteiger partial charge on any atom is -0.393 e. The van der Waals surface area contributed by atoms with Gasteiger partial charge in [-0.25, -0.2) is 4.39 Å². The number of rotatable bonds is 6. The summed E-state index contributed by atoms with van der Waals surface area (Å²) in [5.74, 6) is 1.11. The zero-order chi connectivity index (χ0) is 14.5. The SMILES string of the molecule is CCC(c1nc(CSc2cccc(F)c2)no1)C(C)O. The maximum atomic E-state index is 13.0. The third kappa shape index (κ3) is 3.80. The van der Waals surface area contributed by atoms with Crippen LogP contribution in [0.2, 0.25) is 0 Å². The van der Waals surface area contributed by atoms with Crippen LogP contribution < -0.4 is 0 Å². The number of halogens is 1. The lowest BCUT2D eigenvalue weighted by molar-refractivity contribution is 0.141. The molecule has 1 aromatic carbocycles. The lowest BCUT2D eigenvalue weighted by atomic mass is 10.0. The second-order valence-electron chi connectivity index (χ2n) is 4.55. The maximum Gasteiger partial charge on any atom is 0.232 e. The van der Waals surface area contributed by atoms with Gasteiger partial charge in [0.25, 0.3) is 0 Å². The Hall–Kier alpha value is -1.40. The van der Waals surface area contributed by atoms with Gasteiger partial charge in [-0.05, 0) is 31.5 Å². The van der Waals surface area contributed by atoms with E-state index in [0.717, 1.165) is 11.3 Å². The molecule has 0 bridgehead atoms. The summed E-state index contributed by atoms with van der Waals surface area (Å²) in [4.78, 5) is 5.11. The Morgan fingerprint density at radius 1 is 1.45 bits per heavy atom. The number of thioether (sulfide) groups is 1. The van der Waals surface area contributed by atoms with Crippen LogP contribution in [0.15, 0.2) is 33.7 Å². The van der Waals surface area contributed by atoms with Crippen LogP contribution >= 0.6 is 11.8 Å². The zero-order valence-electron chi connectivity index (χ0n) is 11.4. The molecule has 1 N–H and O–H groups in total. The van der Waals surface area contributed by atoms with E-state index in [2.05, 4.69) is 10.1 Å². The fourth-order valence-electron chi connectivity index (χ4n) is 1.90. The molecule has 0 aliphatic carbocycles. The Labute approximate surface area is 121 Å². The molecule has 4 nitrogen and oxygen atoms in total. The summed E-state index contributed by atoms with van der Waals surface area (Å²) < 4.78 is 18.2. The van der Waals surface area contributed by atoms with E-state index in [4.69, 9.17) is 4.52 Å². The van der Waals surface area contributed by atoms with Crippen molar-refractivity contribution >= 4 is 11.8 Å². The van der Waals surface area contributed by atoms with Gasteiger partial charge in [-0.2, -0.15) is 4.98 Å². The molecule has 0 saturated carbocycles. The lowest BCUT2D eigenvalue weighted by Gasteiger charge is -2.12. The van der Waals surface area contributed by atoms with E-state index in [9.17, 15) is 9.50 Å². The van der Waals surface area contributed by atoms with Gasteiger partial charge in [0.05, 0.1) is 17.8 Å². The van der Waals surface area contributed by atoms with Gasteiger partial charge in [-0.15, -0.1) is 11.8 Å². The monoisotopic (exact) mass is 296 g/mol. The van der Waals surface area contributed by atoms with Crippen molar-refractivity contribution in [2.45, 2.75) is 42.9 Å². The lowest BCUT2D eigenvalue weighted by Crippen LogP contribution is -2.14. The number of hydrogen-bond donors (Lipinski definition) is 1. The van der Waals surface area contributed by atoms with Gasteiger partial charge in [-0.1, -0.05) is 18.1 Å². The quantitative estimate of drug-likeness (QED) is 0.828. The average Bonchev–Trinajstić information content (AvgIpc) is 2.85. The Morgan fingerprint density at radius 3 is 2.90 bits per heavy atom. The van der Waals surface area contributed by atoms with Crippen LogP contribution in [0.3, 0.4) is 0 Å². The van der Waals surface area contributed by atoms with E-state index in [1.54, 1.807) is 13.0 Å². The first-order valence-corrected chi connectivity index (χ1v) is 7.47. The topological polar surface area (TPSA) is 59.2 Å². The molecular weight excluding hydrogens is 279 g/mol. The molecule has 0 fully saturated rings. The number of aliphatic hydroxyl groups is 1. The summed E-state index contributed by atoms with van der Waals surface area (Å²) in [5, 5.41) is 13.5. The molecule has 2 rings (SSSR count). The Balaban J connectivity index is 1.99. The van der Waals surface area contributed by atoms with Crippen molar-refractivity contribution in [1.82, 2.24) is 10.1 Å². The number of aromatic nitrogens is 2. The first-order chi connectivity index (χ1) is 9.60. The highest BCUT2D eigenvalue weighted by atomic mass is 32.2. The minimum absolute atomic E-state index is 0.143. The highest BCUT2D eigenvalue weighted by Crippen LogP contribution is 2.25. The number of nitrogens with zero attached hydrogens (tertiary/aromatic N) is 2. The molecule has 0 saturated heterocycles. The van der Waals surface area contributed by atoms with Crippen molar-refractivity contribution in [3.8, 4) is 0 Å². The second kappa shape index (κ2) is 6.85. The molecule has 108 valence electrons. The minimum atomic E-state index is -0.524. The van der Waals surface area contributed by atoms with Gasteiger partial charge < -0.3 is 9.63 Å². The molecule has 1 aromatic heterocycles. The van der Waals surface area contributed by atoms with Crippen LogP contribution in [-0.4, -0.2) is 21.4 Å². The van der Waals surface area contributed by atoms with Crippen LogP contribution in [-0.2, 0) is 5.75 Å². The number of hydrogen-bond acceptors (Lipinski definition) is 5. The summed E-state index contributed by atoms with van der Waals surface area (Å²) in [6, 6.07) is 6.38. The van der Waals surface area contributed by atoms with E-state index in [1.807, 2.05) is 13.0 Å². The fourth-order valence-corrected chi connectivity index (χ4v) is 2.69. The van der Waals surface area contributed by atoms with Crippen molar-refractivity contribution in [2.75, 3.05) is 0 Å². The van der Waals surface area contributed by atoms with Gasteiger partial charge in [0.15, 0.2) is 5.82 Å². The molecule has 20 heavy (non-hydrogen) atoms. The van der Waals surface area contributed by atoms with Gasteiger partial charge in [0.2, 0.25) is 5.89 Å². The zero-order valence-corrected chi connectivity index (χ0v) is 12.2. The van der Waals surface area contributed by atoms with E-state index in [1.165, 1.54) is 23.9 Å². The Kier molecular flexibility index (Phi) is 5.14. The highest BCUT2D eigenvalue weighted by molar-refractivity contribution is 7.98. The summed E-state index contributed by atoms with van der Waals surface area (Å²) in [6.45, 7) is 3.67. The van der Waals surface area contributed by atoms with Crippen molar-refractivity contribution < 1.29 is 14.0 Å². The highest BCUT2D eigenvalue weighted by Gasteiger charge is 2.21. The van der Waals surface area contributed by atoms with Gasteiger partial charge in [0, 0.05) is 4.90 Å². The van der Waals surface area contributed by atoms with E-state index >= 15 is 0 Å². The summed E-state index contributed by atoms with van der Waals surface area (Å²) in [6.07, 6.45) is 0.209. The molecule has 0 spiro atoms. The smallest absolute Gasteiger partial charge is 0.232 e. The van der Waals surface area contributed by atoms with Crippen LogP contribution in [0.25, 0.3) is 0 Å². The molecule has 0 radical (unpaired) electrons. The predicted molar refractivity (Wildman–Crippen MR) is 75.0 cm³/mol. The Bertz CT molecular complexity index is 560. The summed E-state index contributed by atoms with van der Waals surface area (Å²) >= 11 is 1.44. The molecule has 2 atom stereocenters. The standard InChI is InChI=1S/C14H17FN2O2S/c1-3-12(9(2)18)14-16-13(17-19-14)8-20-11-6-4-5-10(15)7-11/h4-7,9,12,18H,3,8H2,1-2H3. The van der Waals surface area contributed by atoms with E-state index < -0.39 is 6.10 Å².